The Morgan fingerprint density at radius 3 is 2.67 bits per heavy atom. The first kappa shape index (κ1) is 16.0. The topological polar surface area (TPSA) is 51.1 Å². The van der Waals surface area contributed by atoms with E-state index in [0.29, 0.717) is 24.5 Å². The highest BCUT2D eigenvalue weighted by Crippen LogP contribution is 2.32. The number of esters is 1. The largest absolute Gasteiger partial charge is 0.465 e. The summed E-state index contributed by atoms with van der Waals surface area (Å²) in [6.45, 7) is 6.85. The highest BCUT2D eigenvalue weighted by Gasteiger charge is 2.19. The summed E-state index contributed by atoms with van der Waals surface area (Å²) in [7, 11) is 1.38. The maximum Gasteiger partial charge on any atom is 0.340 e. The van der Waals surface area contributed by atoms with Crippen molar-refractivity contribution in [1.82, 2.24) is 4.90 Å². The monoisotopic (exact) mass is 354 g/mol. The molecule has 1 aromatic rings. The SMILES string of the molecule is COC(=O)c1c(C)ccc(Br)c1/N=C(\C)N1CCOCC1. The summed E-state index contributed by atoms with van der Waals surface area (Å²) in [6, 6.07) is 3.77. The van der Waals surface area contributed by atoms with Crippen LogP contribution >= 0.6 is 15.9 Å². The number of halogens is 1. The zero-order valence-corrected chi connectivity index (χ0v) is 14.1. The number of hydrogen-bond acceptors (Lipinski definition) is 4. The van der Waals surface area contributed by atoms with Gasteiger partial charge in [0.2, 0.25) is 0 Å². The average Bonchev–Trinajstić information content (AvgIpc) is 2.51. The number of rotatable bonds is 2. The molecule has 0 atom stereocenters. The summed E-state index contributed by atoms with van der Waals surface area (Å²) in [6.07, 6.45) is 0. The van der Waals surface area contributed by atoms with E-state index < -0.39 is 0 Å². The first-order valence-electron chi connectivity index (χ1n) is 6.80. The molecule has 0 amide bonds. The molecule has 0 N–H and O–H groups in total. The van der Waals surface area contributed by atoms with Gasteiger partial charge in [0.25, 0.3) is 0 Å². The van der Waals surface area contributed by atoms with Crippen molar-refractivity contribution in [2.45, 2.75) is 13.8 Å². The number of carbonyl (C=O) groups is 1. The molecule has 114 valence electrons. The molecule has 0 unspecified atom stereocenters. The van der Waals surface area contributed by atoms with Crippen molar-refractivity contribution in [1.29, 1.82) is 0 Å². The van der Waals surface area contributed by atoms with E-state index in [0.717, 1.165) is 29.0 Å². The third-order valence-electron chi connectivity index (χ3n) is 3.47. The molecule has 6 heteroatoms. The van der Waals surface area contributed by atoms with E-state index >= 15 is 0 Å². The Morgan fingerprint density at radius 2 is 2.05 bits per heavy atom. The van der Waals surface area contributed by atoms with Crippen molar-refractivity contribution in [2.75, 3.05) is 33.4 Å². The highest BCUT2D eigenvalue weighted by atomic mass is 79.9. The smallest absolute Gasteiger partial charge is 0.340 e. The van der Waals surface area contributed by atoms with Crippen LogP contribution in [-0.2, 0) is 9.47 Å². The Morgan fingerprint density at radius 1 is 1.38 bits per heavy atom. The van der Waals surface area contributed by atoms with Gasteiger partial charge in [0.05, 0.1) is 31.6 Å². The lowest BCUT2D eigenvalue weighted by Gasteiger charge is -2.28. The van der Waals surface area contributed by atoms with E-state index in [1.165, 1.54) is 7.11 Å². The minimum atomic E-state index is -0.373. The van der Waals surface area contributed by atoms with Gasteiger partial charge >= 0.3 is 5.97 Å². The highest BCUT2D eigenvalue weighted by molar-refractivity contribution is 9.10. The number of benzene rings is 1. The first-order chi connectivity index (χ1) is 10.0. The number of morpholine rings is 1. The Bertz CT molecular complexity index is 566. The summed E-state index contributed by atoms with van der Waals surface area (Å²) in [4.78, 5) is 18.8. The van der Waals surface area contributed by atoms with Crippen LogP contribution < -0.4 is 0 Å². The fraction of sp³-hybridized carbons (Fsp3) is 0.467. The number of nitrogens with zero attached hydrogens (tertiary/aromatic N) is 2. The van der Waals surface area contributed by atoms with Gasteiger partial charge in [-0.2, -0.15) is 0 Å². The van der Waals surface area contributed by atoms with Gasteiger partial charge in [-0.1, -0.05) is 6.07 Å². The van der Waals surface area contributed by atoms with Crippen LogP contribution in [0.5, 0.6) is 0 Å². The molecular formula is C15H19BrN2O3. The second-order valence-electron chi connectivity index (χ2n) is 4.84. The van der Waals surface area contributed by atoms with Crippen LogP contribution in [0.2, 0.25) is 0 Å². The van der Waals surface area contributed by atoms with Gasteiger partial charge in [0.1, 0.15) is 5.84 Å². The number of aryl methyl sites for hydroxylation is 1. The molecule has 1 saturated heterocycles. The lowest BCUT2D eigenvalue weighted by Crippen LogP contribution is -2.39. The van der Waals surface area contributed by atoms with Crippen molar-refractivity contribution in [2.24, 2.45) is 4.99 Å². The van der Waals surface area contributed by atoms with Crippen molar-refractivity contribution < 1.29 is 14.3 Å². The molecule has 5 nitrogen and oxygen atoms in total. The Balaban J connectivity index is 2.42. The van der Waals surface area contributed by atoms with E-state index in [-0.39, 0.29) is 5.97 Å². The maximum absolute atomic E-state index is 12.0. The molecule has 1 heterocycles. The van der Waals surface area contributed by atoms with E-state index in [1.807, 2.05) is 26.0 Å². The molecule has 2 rings (SSSR count). The summed E-state index contributed by atoms with van der Waals surface area (Å²) in [5.74, 6) is 0.497. The minimum absolute atomic E-state index is 0.373. The van der Waals surface area contributed by atoms with Crippen molar-refractivity contribution in [3.05, 3.63) is 27.7 Å². The zero-order chi connectivity index (χ0) is 15.4. The molecule has 1 aromatic carbocycles. The number of carbonyl (C=O) groups excluding carboxylic acids is 1. The predicted molar refractivity (Wildman–Crippen MR) is 85.4 cm³/mol. The molecular weight excluding hydrogens is 336 g/mol. The average molecular weight is 355 g/mol. The molecule has 0 spiro atoms. The third kappa shape index (κ3) is 3.63. The van der Waals surface area contributed by atoms with Crippen LogP contribution in [0.15, 0.2) is 21.6 Å². The van der Waals surface area contributed by atoms with Crippen LogP contribution in [0, 0.1) is 6.92 Å². The van der Waals surface area contributed by atoms with E-state index in [9.17, 15) is 4.79 Å². The fourth-order valence-electron chi connectivity index (χ4n) is 2.26. The molecule has 1 aliphatic heterocycles. The van der Waals surface area contributed by atoms with Crippen LogP contribution in [0.4, 0.5) is 5.69 Å². The second-order valence-corrected chi connectivity index (χ2v) is 5.69. The summed E-state index contributed by atoms with van der Waals surface area (Å²) < 4.78 is 11.0. The van der Waals surface area contributed by atoms with Gasteiger partial charge in [-0.25, -0.2) is 9.79 Å². The fourth-order valence-corrected chi connectivity index (χ4v) is 2.67. The zero-order valence-electron chi connectivity index (χ0n) is 12.5. The van der Waals surface area contributed by atoms with Crippen molar-refractivity contribution in [3.63, 3.8) is 0 Å². The Hall–Kier alpha value is -1.40. The Labute approximate surface area is 133 Å². The lowest BCUT2D eigenvalue weighted by atomic mass is 10.1. The lowest BCUT2D eigenvalue weighted by molar-refractivity contribution is 0.0600. The normalized spacial score (nSPS) is 16.0. The van der Waals surface area contributed by atoms with Crippen LogP contribution in [-0.4, -0.2) is 50.1 Å². The maximum atomic E-state index is 12.0. The van der Waals surface area contributed by atoms with Gasteiger partial charge in [0, 0.05) is 17.6 Å². The van der Waals surface area contributed by atoms with Gasteiger partial charge in [-0.3, -0.25) is 0 Å². The van der Waals surface area contributed by atoms with Gasteiger partial charge in [-0.05, 0) is 41.4 Å². The van der Waals surface area contributed by atoms with Crippen molar-refractivity contribution in [3.8, 4) is 0 Å². The van der Waals surface area contributed by atoms with Gasteiger partial charge in [-0.15, -0.1) is 0 Å². The van der Waals surface area contributed by atoms with Crippen molar-refractivity contribution >= 4 is 33.4 Å². The number of amidine groups is 1. The minimum Gasteiger partial charge on any atom is -0.465 e. The van der Waals surface area contributed by atoms with Crippen LogP contribution in [0.3, 0.4) is 0 Å². The standard InChI is InChI=1S/C15H19BrN2O3/c1-10-4-5-12(16)14(13(10)15(19)20-3)17-11(2)18-6-8-21-9-7-18/h4-5H,6-9H2,1-3H3/b17-11+. The first-order valence-corrected chi connectivity index (χ1v) is 7.59. The number of ether oxygens (including phenoxy) is 2. The molecule has 0 aromatic heterocycles. The Kier molecular flexibility index (Phi) is 5.36. The number of hydrogen-bond donors (Lipinski definition) is 0. The third-order valence-corrected chi connectivity index (χ3v) is 4.11. The van der Waals surface area contributed by atoms with E-state index in [2.05, 4.69) is 25.8 Å². The van der Waals surface area contributed by atoms with Gasteiger partial charge in [0.15, 0.2) is 0 Å². The quantitative estimate of drug-likeness (QED) is 0.465. The molecule has 21 heavy (non-hydrogen) atoms. The van der Waals surface area contributed by atoms with Crippen LogP contribution in [0.1, 0.15) is 22.8 Å². The second kappa shape index (κ2) is 7.04. The number of aliphatic imine (C=N–C) groups is 1. The molecule has 0 radical (unpaired) electrons. The predicted octanol–water partition coefficient (Wildman–Crippen LogP) is 2.93. The van der Waals surface area contributed by atoms with Crippen LogP contribution in [0.25, 0.3) is 0 Å². The number of methoxy groups -OCH3 is 1. The molecule has 1 fully saturated rings. The molecule has 1 aliphatic rings. The summed E-state index contributed by atoms with van der Waals surface area (Å²) >= 11 is 3.47. The van der Waals surface area contributed by atoms with E-state index in [4.69, 9.17) is 9.47 Å². The molecule has 0 saturated carbocycles. The summed E-state index contributed by atoms with van der Waals surface area (Å²) in [5, 5.41) is 0. The summed E-state index contributed by atoms with van der Waals surface area (Å²) in [5.41, 5.74) is 1.96. The molecule has 0 bridgehead atoms. The molecule has 0 aliphatic carbocycles. The van der Waals surface area contributed by atoms with Gasteiger partial charge < -0.3 is 14.4 Å². The van der Waals surface area contributed by atoms with E-state index in [1.54, 1.807) is 0 Å².